The Bertz CT molecular complexity index is 918. The second-order valence-corrected chi connectivity index (χ2v) is 7.42. The van der Waals surface area contributed by atoms with E-state index in [2.05, 4.69) is 15.5 Å². The smallest absolute Gasteiger partial charge is 0.277 e. The second kappa shape index (κ2) is 8.92. The first-order chi connectivity index (χ1) is 13.0. The number of anilines is 1. The molecule has 0 saturated carbocycles. The average molecular weight is 404 g/mol. The number of hydrogen-bond donors (Lipinski definition) is 1. The molecule has 0 fully saturated rings. The maximum absolute atomic E-state index is 12.4. The van der Waals surface area contributed by atoms with Crippen LogP contribution in [0.25, 0.3) is 0 Å². The van der Waals surface area contributed by atoms with E-state index >= 15 is 0 Å². The standard InChI is InChI=1S/C19H18ClN3O3S/c1-12(18(24)21-14-8-9-16(25-2)15(20)11-14)27-19-23-22-17(26-19)10-13-6-4-3-5-7-13/h3-9,11-12H,10H2,1-2H3,(H,21,24)/t12-/m0/s1. The Balaban J connectivity index is 1.57. The summed E-state index contributed by atoms with van der Waals surface area (Å²) < 4.78 is 10.7. The van der Waals surface area contributed by atoms with Crippen molar-refractivity contribution in [3.8, 4) is 5.75 Å². The lowest BCUT2D eigenvalue weighted by atomic mass is 10.2. The molecule has 0 bridgehead atoms. The largest absolute Gasteiger partial charge is 0.495 e. The van der Waals surface area contributed by atoms with E-state index in [9.17, 15) is 4.79 Å². The van der Waals surface area contributed by atoms with E-state index in [1.165, 1.54) is 18.9 Å². The first-order valence-electron chi connectivity index (χ1n) is 8.22. The van der Waals surface area contributed by atoms with Crippen molar-refractivity contribution in [2.75, 3.05) is 12.4 Å². The number of ether oxygens (including phenoxy) is 1. The van der Waals surface area contributed by atoms with Gasteiger partial charge in [-0.1, -0.05) is 53.7 Å². The van der Waals surface area contributed by atoms with Crippen LogP contribution in [0.1, 0.15) is 18.4 Å². The van der Waals surface area contributed by atoms with Crippen LogP contribution in [0.15, 0.2) is 58.2 Å². The monoisotopic (exact) mass is 403 g/mol. The van der Waals surface area contributed by atoms with Crippen molar-refractivity contribution in [3.63, 3.8) is 0 Å². The van der Waals surface area contributed by atoms with Crippen molar-refractivity contribution in [1.29, 1.82) is 0 Å². The first-order valence-corrected chi connectivity index (χ1v) is 9.48. The van der Waals surface area contributed by atoms with E-state index in [0.29, 0.717) is 34.0 Å². The van der Waals surface area contributed by atoms with Crippen LogP contribution in [-0.2, 0) is 11.2 Å². The highest BCUT2D eigenvalue weighted by Gasteiger charge is 2.19. The molecule has 0 radical (unpaired) electrons. The highest BCUT2D eigenvalue weighted by molar-refractivity contribution is 8.00. The van der Waals surface area contributed by atoms with Crippen molar-refractivity contribution < 1.29 is 13.9 Å². The molecule has 0 unspecified atom stereocenters. The predicted molar refractivity (Wildman–Crippen MR) is 105 cm³/mol. The van der Waals surface area contributed by atoms with Gasteiger partial charge in [-0.2, -0.15) is 0 Å². The molecule has 2 aromatic carbocycles. The van der Waals surface area contributed by atoms with Gasteiger partial charge in [0.1, 0.15) is 5.75 Å². The van der Waals surface area contributed by atoms with Gasteiger partial charge in [0, 0.05) is 5.69 Å². The van der Waals surface area contributed by atoms with Crippen LogP contribution in [0.3, 0.4) is 0 Å². The summed E-state index contributed by atoms with van der Waals surface area (Å²) in [5.41, 5.74) is 1.67. The van der Waals surface area contributed by atoms with E-state index < -0.39 is 5.25 Å². The maximum atomic E-state index is 12.4. The van der Waals surface area contributed by atoms with Gasteiger partial charge in [-0.05, 0) is 30.7 Å². The van der Waals surface area contributed by atoms with Crippen LogP contribution in [0.5, 0.6) is 5.75 Å². The Morgan fingerprint density at radius 2 is 2.04 bits per heavy atom. The fraction of sp³-hybridized carbons (Fsp3) is 0.211. The quantitative estimate of drug-likeness (QED) is 0.587. The summed E-state index contributed by atoms with van der Waals surface area (Å²) in [4.78, 5) is 12.4. The lowest BCUT2D eigenvalue weighted by Gasteiger charge is -2.11. The summed E-state index contributed by atoms with van der Waals surface area (Å²) in [6.45, 7) is 1.77. The van der Waals surface area contributed by atoms with Crippen LogP contribution in [0.2, 0.25) is 5.02 Å². The summed E-state index contributed by atoms with van der Waals surface area (Å²) in [5, 5.41) is 11.2. The van der Waals surface area contributed by atoms with Crippen molar-refractivity contribution in [1.82, 2.24) is 10.2 Å². The van der Waals surface area contributed by atoms with E-state index in [1.807, 2.05) is 30.3 Å². The van der Waals surface area contributed by atoms with Crippen molar-refractivity contribution in [2.24, 2.45) is 0 Å². The summed E-state index contributed by atoms with van der Waals surface area (Å²) in [6, 6.07) is 14.9. The van der Waals surface area contributed by atoms with E-state index in [-0.39, 0.29) is 5.91 Å². The van der Waals surface area contributed by atoms with Gasteiger partial charge >= 0.3 is 0 Å². The number of carbonyl (C=O) groups is 1. The van der Waals surface area contributed by atoms with Crippen LogP contribution >= 0.6 is 23.4 Å². The van der Waals surface area contributed by atoms with Crippen LogP contribution in [0.4, 0.5) is 5.69 Å². The maximum Gasteiger partial charge on any atom is 0.277 e. The Kier molecular flexibility index (Phi) is 6.36. The fourth-order valence-corrected chi connectivity index (χ4v) is 3.28. The zero-order chi connectivity index (χ0) is 19.2. The number of thioether (sulfide) groups is 1. The normalized spacial score (nSPS) is 11.8. The molecule has 3 rings (SSSR count). The molecular formula is C19H18ClN3O3S. The molecule has 0 saturated heterocycles. The van der Waals surface area contributed by atoms with Gasteiger partial charge in [0.05, 0.1) is 23.8 Å². The molecule has 1 aromatic heterocycles. The molecule has 3 aromatic rings. The van der Waals surface area contributed by atoms with E-state index in [4.69, 9.17) is 20.8 Å². The Hall–Kier alpha value is -2.51. The molecule has 1 atom stereocenters. The highest BCUT2D eigenvalue weighted by Crippen LogP contribution is 2.28. The minimum absolute atomic E-state index is 0.191. The molecule has 8 heteroatoms. The van der Waals surface area contributed by atoms with Gasteiger partial charge in [-0.25, -0.2) is 0 Å². The van der Waals surface area contributed by atoms with Gasteiger partial charge < -0.3 is 14.5 Å². The first kappa shape index (κ1) is 19.3. The van der Waals surface area contributed by atoms with Crippen LogP contribution in [-0.4, -0.2) is 28.5 Å². The van der Waals surface area contributed by atoms with Crippen molar-refractivity contribution in [2.45, 2.75) is 23.8 Å². The molecule has 1 amide bonds. The summed E-state index contributed by atoms with van der Waals surface area (Å²) in [7, 11) is 1.54. The van der Waals surface area contributed by atoms with E-state index in [0.717, 1.165) is 5.56 Å². The van der Waals surface area contributed by atoms with Gasteiger partial charge in [-0.15, -0.1) is 10.2 Å². The topological polar surface area (TPSA) is 77.2 Å². The summed E-state index contributed by atoms with van der Waals surface area (Å²) in [5.74, 6) is 0.871. The number of nitrogens with zero attached hydrogens (tertiary/aromatic N) is 2. The third kappa shape index (κ3) is 5.24. The van der Waals surface area contributed by atoms with Crippen LogP contribution in [0, 0.1) is 0 Å². The molecule has 1 N–H and O–H groups in total. The molecule has 0 aliphatic rings. The van der Waals surface area contributed by atoms with Crippen molar-refractivity contribution >= 4 is 35.0 Å². The average Bonchev–Trinajstić information content (AvgIpc) is 3.09. The Labute approximate surface area is 166 Å². The zero-order valence-electron chi connectivity index (χ0n) is 14.8. The number of benzene rings is 2. The number of aromatic nitrogens is 2. The highest BCUT2D eigenvalue weighted by atomic mass is 35.5. The van der Waals surface area contributed by atoms with Crippen molar-refractivity contribution in [3.05, 3.63) is 65.0 Å². The van der Waals surface area contributed by atoms with Crippen LogP contribution < -0.4 is 10.1 Å². The molecule has 140 valence electrons. The SMILES string of the molecule is COc1ccc(NC(=O)[C@H](C)Sc2nnc(Cc3ccccc3)o2)cc1Cl. The number of amides is 1. The zero-order valence-corrected chi connectivity index (χ0v) is 16.4. The number of hydrogen-bond acceptors (Lipinski definition) is 6. The second-order valence-electron chi connectivity index (χ2n) is 5.72. The molecule has 0 spiro atoms. The minimum Gasteiger partial charge on any atom is -0.495 e. The third-order valence-electron chi connectivity index (χ3n) is 3.71. The van der Waals surface area contributed by atoms with E-state index in [1.54, 1.807) is 25.1 Å². The molecule has 27 heavy (non-hydrogen) atoms. The van der Waals surface area contributed by atoms with Gasteiger partial charge in [0.25, 0.3) is 5.22 Å². The number of rotatable bonds is 7. The predicted octanol–water partition coefficient (Wildman–Crippen LogP) is 4.44. The Morgan fingerprint density at radius 3 is 2.74 bits per heavy atom. The van der Waals surface area contributed by atoms with Gasteiger partial charge in [0.15, 0.2) is 0 Å². The molecule has 0 aliphatic carbocycles. The molecule has 0 aliphatic heterocycles. The number of halogens is 1. The summed E-state index contributed by atoms with van der Waals surface area (Å²) in [6.07, 6.45) is 0.555. The lowest BCUT2D eigenvalue weighted by Crippen LogP contribution is -2.22. The molecule has 1 heterocycles. The minimum atomic E-state index is -0.420. The third-order valence-corrected chi connectivity index (χ3v) is 4.94. The fourth-order valence-electron chi connectivity index (χ4n) is 2.32. The number of nitrogens with one attached hydrogen (secondary N) is 1. The van der Waals surface area contributed by atoms with Gasteiger partial charge in [0.2, 0.25) is 11.8 Å². The summed E-state index contributed by atoms with van der Waals surface area (Å²) >= 11 is 7.28. The van der Waals surface area contributed by atoms with Gasteiger partial charge in [-0.3, -0.25) is 4.79 Å². The molecular weight excluding hydrogens is 386 g/mol. The lowest BCUT2D eigenvalue weighted by molar-refractivity contribution is -0.115. The number of carbonyl (C=O) groups excluding carboxylic acids is 1. The molecule has 6 nitrogen and oxygen atoms in total. The number of methoxy groups -OCH3 is 1. The Morgan fingerprint density at radius 1 is 1.26 bits per heavy atom.